The van der Waals surface area contributed by atoms with E-state index >= 15 is 0 Å². The SMILES string of the molecule is CC(C)Oc1ncccc1C(O)c1ccc(F)cc1. The average Bonchev–Trinajstić information content (AvgIpc) is 2.39. The van der Waals surface area contributed by atoms with Crippen molar-refractivity contribution in [3.05, 3.63) is 59.5 Å². The van der Waals surface area contributed by atoms with E-state index in [1.165, 1.54) is 12.1 Å². The second kappa shape index (κ2) is 5.80. The van der Waals surface area contributed by atoms with E-state index in [1.54, 1.807) is 30.5 Å². The molecular formula is C15H16FNO2. The van der Waals surface area contributed by atoms with Crippen LogP contribution in [0.5, 0.6) is 5.88 Å². The lowest BCUT2D eigenvalue weighted by Gasteiger charge is -2.17. The normalized spacial score (nSPS) is 12.5. The summed E-state index contributed by atoms with van der Waals surface area (Å²) in [5.41, 5.74) is 1.17. The summed E-state index contributed by atoms with van der Waals surface area (Å²) in [4.78, 5) is 4.13. The van der Waals surface area contributed by atoms with E-state index in [-0.39, 0.29) is 11.9 Å². The van der Waals surface area contributed by atoms with Crippen molar-refractivity contribution in [1.29, 1.82) is 0 Å². The van der Waals surface area contributed by atoms with Gasteiger partial charge in [0.1, 0.15) is 11.9 Å². The number of aliphatic hydroxyl groups excluding tert-OH is 1. The molecule has 19 heavy (non-hydrogen) atoms. The highest BCUT2D eigenvalue weighted by Crippen LogP contribution is 2.28. The number of ether oxygens (including phenoxy) is 1. The number of benzene rings is 1. The first-order valence-corrected chi connectivity index (χ1v) is 6.13. The maximum atomic E-state index is 12.9. The number of pyridine rings is 1. The third kappa shape index (κ3) is 3.29. The molecule has 0 spiro atoms. The lowest BCUT2D eigenvalue weighted by molar-refractivity contribution is 0.193. The van der Waals surface area contributed by atoms with Crippen LogP contribution in [0.2, 0.25) is 0 Å². The van der Waals surface area contributed by atoms with Crippen molar-refractivity contribution in [1.82, 2.24) is 4.98 Å². The Labute approximate surface area is 111 Å². The minimum atomic E-state index is -0.886. The van der Waals surface area contributed by atoms with Gasteiger partial charge in [-0.15, -0.1) is 0 Å². The number of hydrogen-bond donors (Lipinski definition) is 1. The van der Waals surface area contributed by atoms with Crippen LogP contribution in [-0.2, 0) is 0 Å². The van der Waals surface area contributed by atoms with Crippen molar-refractivity contribution in [2.24, 2.45) is 0 Å². The third-order valence-electron chi connectivity index (χ3n) is 2.63. The maximum Gasteiger partial charge on any atom is 0.219 e. The highest BCUT2D eigenvalue weighted by molar-refractivity contribution is 5.35. The number of aromatic nitrogens is 1. The Bertz CT molecular complexity index is 540. The van der Waals surface area contributed by atoms with E-state index in [9.17, 15) is 9.50 Å². The van der Waals surface area contributed by atoms with Gasteiger partial charge in [0.2, 0.25) is 5.88 Å². The molecule has 1 N–H and O–H groups in total. The first-order valence-electron chi connectivity index (χ1n) is 6.13. The fourth-order valence-corrected chi connectivity index (χ4v) is 1.76. The maximum absolute atomic E-state index is 12.9. The Morgan fingerprint density at radius 2 is 1.84 bits per heavy atom. The lowest BCUT2D eigenvalue weighted by Crippen LogP contribution is -2.11. The van der Waals surface area contributed by atoms with Crippen molar-refractivity contribution in [3.8, 4) is 5.88 Å². The van der Waals surface area contributed by atoms with Gasteiger partial charge in [0, 0.05) is 11.8 Å². The van der Waals surface area contributed by atoms with Crippen LogP contribution < -0.4 is 4.74 Å². The van der Waals surface area contributed by atoms with Crippen LogP contribution in [0.3, 0.4) is 0 Å². The second-order valence-corrected chi connectivity index (χ2v) is 4.52. The molecule has 0 aliphatic heterocycles. The summed E-state index contributed by atoms with van der Waals surface area (Å²) in [6.45, 7) is 3.78. The Balaban J connectivity index is 2.32. The summed E-state index contributed by atoms with van der Waals surface area (Å²) < 4.78 is 18.5. The van der Waals surface area contributed by atoms with Gasteiger partial charge in [0.15, 0.2) is 0 Å². The zero-order valence-corrected chi connectivity index (χ0v) is 10.9. The highest BCUT2D eigenvalue weighted by atomic mass is 19.1. The average molecular weight is 261 g/mol. The van der Waals surface area contributed by atoms with Crippen LogP contribution >= 0.6 is 0 Å². The van der Waals surface area contributed by atoms with E-state index in [0.717, 1.165) is 0 Å². The predicted molar refractivity (Wildman–Crippen MR) is 70.5 cm³/mol. The van der Waals surface area contributed by atoms with Crippen LogP contribution in [0.1, 0.15) is 31.1 Å². The fraction of sp³-hybridized carbons (Fsp3) is 0.267. The zero-order chi connectivity index (χ0) is 13.8. The Morgan fingerprint density at radius 1 is 1.16 bits per heavy atom. The van der Waals surface area contributed by atoms with Gasteiger partial charge in [-0.2, -0.15) is 0 Å². The summed E-state index contributed by atoms with van der Waals surface area (Å²) >= 11 is 0. The van der Waals surface area contributed by atoms with Crippen molar-refractivity contribution in [2.45, 2.75) is 26.1 Å². The van der Waals surface area contributed by atoms with E-state index in [0.29, 0.717) is 17.0 Å². The summed E-state index contributed by atoms with van der Waals surface area (Å²) in [6.07, 6.45) is 0.690. The molecule has 2 aromatic rings. The van der Waals surface area contributed by atoms with Crippen molar-refractivity contribution >= 4 is 0 Å². The monoisotopic (exact) mass is 261 g/mol. The third-order valence-corrected chi connectivity index (χ3v) is 2.63. The smallest absolute Gasteiger partial charge is 0.219 e. The van der Waals surface area contributed by atoms with Crippen LogP contribution in [0.15, 0.2) is 42.6 Å². The number of hydrogen-bond acceptors (Lipinski definition) is 3. The summed E-state index contributed by atoms with van der Waals surface area (Å²) in [6, 6.07) is 9.21. The number of rotatable bonds is 4. The van der Waals surface area contributed by atoms with E-state index in [1.807, 2.05) is 13.8 Å². The van der Waals surface area contributed by atoms with Gasteiger partial charge in [0.05, 0.1) is 6.10 Å². The van der Waals surface area contributed by atoms with Gasteiger partial charge in [-0.05, 0) is 43.7 Å². The minimum absolute atomic E-state index is 0.0333. The molecule has 0 aliphatic rings. The van der Waals surface area contributed by atoms with Crippen LogP contribution in [0.25, 0.3) is 0 Å². The fourth-order valence-electron chi connectivity index (χ4n) is 1.76. The van der Waals surface area contributed by atoms with Crippen molar-refractivity contribution < 1.29 is 14.2 Å². The highest BCUT2D eigenvalue weighted by Gasteiger charge is 2.17. The molecule has 1 atom stereocenters. The Kier molecular flexibility index (Phi) is 4.12. The Morgan fingerprint density at radius 3 is 2.47 bits per heavy atom. The summed E-state index contributed by atoms with van der Waals surface area (Å²) in [5.74, 6) is 0.0649. The topological polar surface area (TPSA) is 42.4 Å². The quantitative estimate of drug-likeness (QED) is 0.919. The largest absolute Gasteiger partial charge is 0.475 e. The van der Waals surface area contributed by atoms with Gasteiger partial charge < -0.3 is 9.84 Å². The summed E-state index contributed by atoms with van der Waals surface area (Å²) in [5, 5.41) is 10.3. The van der Waals surface area contributed by atoms with Crippen molar-refractivity contribution in [2.75, 3.05) is 0 Å². The molecule has 0 radical (unpaired) electrons. The van der Waals surface area contributed by atoms with Crippen LogP contribution in [0.4, 0.5) is 4.39 Å². The van der Waals surface area contributed by atoms with Gasteiger partial charge >= 0.3 is 0 Å². The summed E-state index contributed by atoms with van der Waals surface area (Å²) in [7, 11) is 0. The predicted octanol–water partition coefficient (Wildman–Crippen LogP) is 3.09. The van der Waals surface area contributed by atoms with E-state index in [4.69, 9.17) is 4.74 Å². The van der Waals surface area contributed by atoms with E-state index < -0.39 is 6.10 Å². The molecule has 0 saturated carbocycles. The van der Waals surface area contributed by atoms with Gasteiger partial charge in [0.25, 0.3) is 0 Å². The van der Waals surface area contributed by atoms with Gasteiger partial charge in [-0.25, -0.2) is 9.37 Å². The molecule has 0 amide bonds. The molecule has 1 aromatic carbocycles. The molecule has 1 heterocycles. The minimum Gasteiger partial charge on any atom is -0.475 e. The standard InChI is InChI=1S/C15H16FNO2/c1-10(2)19-15-13(4-3-9-17-15)14(18)11-5-7-12(16)8-6-11/h3-10,14,18H,1-2H3. The number of aliphatic hydroxyl groups is 1. The Hall–Kier alpha value is -1.94. The molecule has 0 bridgehead atoms. The second-order valence-electron chi connectivity index (χ2n) is 4.52. The number of halogens is 1. The van der Waals surface area contributed by atoms with E-state index in [2.05, 4.69) is 4.98 Å². The molecule has 4 heteroatoms. The number of nitrogens with zero attached hydrogens (tertiary/aromatic N) is 1. The van der Waals surface area contributed by atoms with Gasteiger partial charge in [-0.1, -0.05) is 12.1 Å². The molecule has 0 fully saturated rings. The molecule has 1 aromatic heterocycles. The molecule has 100 valence electrons. The molecule has 0 saturated heterocycles. The van der Waals surface area contributed by atoms with Crippen LogP contribution in [0, 0.1) is 5.82 Å². The molecule has 1 unspecified atom stereocenters. The first kappa shape index (κ1) is 13.5. The molecule has 3 nitrogen and oxygen atoms in total. The molecule has 2 rings (SSSR count). The molecular weight excluding hydrogens is 245 g/mol. The zero-order valence-electron chi connectivity index (χ0n) is 10.9. The van der Waals surface area contributed by atoms with Crippen molar-refractivity contribution in [3.63, 3.8) is 0 Å². The van der Waals surface area contributed by atoms with Crippen LogP contribution in [-0.4, -0.2) is 16.2 Å². The molecule has 0 aliphatic carbocycles. The van der Waals surface area contributed by atoms with Gasteiger partial charge in [-0.3, -0.25) is 0 Å². The first-order chi connectivity index (χ1) is 9.08. The lowest BCUT2D eigenvalue weighted by atomic mass is 10.0.